The summed E-state index contributed by atoms with van der Waals surface area (Å²) in [6.07, 6.45) is 5.70. The van der Waals surface area contributed by atoms with Gasteiger partial charge < -0.3 is 5.73 Å². The highest BCUT2D eigenvalue weighted by Crippen LogP contribution is 2.24. The van der Waals surface area contributed by atoms with Gasteiger partial charge in [-0.05, 0) is 29.8 Å². The molecule has 96 valence electrons. The average Bonchev–Trinajstić information content (AvgIpc) is 2.67. The summed E-state index contributed by atoms with van der Waals surface area (Å²) >= 11 is 3.57. The van der Waals surface area contributed by atoms with E-state index < -0.39 is 0 Å². The highest BCUT2D eigenvalue weighted by molar-refractivity contribution is 9.10. The van der Waals surface area contributed by atoms with Crippen LogP contribution in [0.4, 0.5) is 0 Å². The summed E-state index contributed by atoms with van der Waals surface area (Å²) in [5.74, 6) is 0. The lowest BCUT2D eigenvalue weighted by atomic mass is 10.1. The molecule has 0 radical (unpaired) electrons. The molecular formula is C12H16BrN5. The van der Waals surface area contributed by atoms with Crippen molar-refractivity contribution in [2.45, 2.75) is 32.9 Å². The highest BCUT2D eigenvalue weighted by atomic mass is 79.9. The molecule has 0 saturated carbocycles. The van der Waals surface area contributed by atoms with Crippen molar-refractivity contribution < 1.29 is 0 Å². The van der Waals surface area contributed by atoms with Gasteiger partial charge in [-0.15, -0.1) is 0 Å². The second-order valence-corrected chi connectivity index (χ2v) is 4.90. The van der Waals surface area contributed by atoms with E-state index in [1.54, 1.807) is 18.6 Å². The lowest BCUT2D eigenvalue weighted by molar-refractivity contribution is 0.580. The molecule has 2 N–H and O–H groups in total. The average molecular weight is 310 g/mol. The highest BCUT2D eigenvalue weighted by Gasteiger charge is 2.17. The fourth-order valence-corrected chi connectivity index (χ4v) is 2.32. The van der Waals surface area contributed by atoms with E-state index >= 15 is 0 Å². The maximum absolute atomic E-state index is 6.16. The molecule has 1 atom stereocenters. The Kier molecular flexibility index (Phi) is 4.08. The van der Waals surface area contributed by atoms with E-state index in [0.29, 0.717) is 6.42 Å². The van der Waals surface area contributed by atoms with Crippen LogP contribution in [0.1, 0.15) is 30.0 Å². The minimum Gasteiger partial charge on any atom is -0.322 e. The van der Waals surface area contributed by atoms with E-state index in [0.717, 1.165) is 28.1 Å². The number of aryl methyl sites for hydroxylation is 2. The van der Waals surface area contributed by atoms with Crippen LogP contribution in [0.5, 0.6) is 0 Å². The Morgan fingerprint density at radius 2 is 2.22 bits per heavy atom. The molecule has 2 rings (SSSR count). The molecule has 0 fully saturated rings. The van der Waals surface area contributed by atoms with Crippen molar-refractivity contribution in [3.8, 4) is 0 Å². The summed E-state index contributed by atoms with van der Waals surface area (Å²) in [6.45, 7) is 4.87. The smallest absolute Gasteiger partial charge is 0.0757 e. The van der Waals surface area contributed by atoms with Gasteiger partial charge in [-0.25, -0.2) is 0 Å². The predicted octanol–water partition coefficient (Wildman–Crippen LogP) is 2.01. The second-order valence-electron chi connectivity index (χ2n) is 4.10. The molecule has 0 aliphatic carbocycles. The molecule has 0 aliphatic heterocycles. The predicted molar refractivity (Wildman–Crippen MR) is 73.0 cm³/mol. The van der Waals surface area contributed by atoms with E-state index in [-0.39, 0.29) is 6.04 Å². The number of halogens is 1. The molecule has 1 unspecified atom stereocenters. The lowest BCUT2D eigenvalue weighted by Crippen LogP contribution is -2.17. The summed E-state index contributed by atoms with van der Waals surface area (Å²) in [4.78, 5) is 8.28. The standard InChI is InChI=1S/C12H16BrN5/c1-3-18-11(12(13)8(2)17-18)6-9(14)10-7-15-4-5-16-10/h4-5,7,9H,3,6,14H2,1-2H3. The first kappa shape index (κ1) is 13.2. The Balaban J connectivity index is 2.24. The number of nitrogens with two attached hydrogens (primary N) is 1. The van der Waals surface area contributed by atoms with Crippen LogP contribution in [0.25, 0.3) is 0 Å². The van der Waals surface area contributed by atoms with Gasteiger partial charge in [0.05, 0.1) is 27.6 Å². The van der Waals surface area contributed by atoms with Crippen molar-refractivity contribution in [2.75, 3.05) is 0 Å². The largest absolute Gasteiger partial charge is 0.322 e. The minimum absolute atomic E-state index is 0.170. The third-order valence-electron chi connectivity index (χ3n) is 2.83. The summed E-state index contributed by atoms with van der Waals surface area (Å²) in [7, 11) is 0. The van der Waals surface area contributed by atoms with E-state index in [1.165, 1.54) is 0 Å². The van der Waals surface area contributed by atoms with Crippen LogP contribution in [0.15, 0.2) is 23.1 Å². The van der Waals surface area contributed by atoms with E-state index in [4.69, 9.17) is 5.73 Å². The number of hydrogen-bond donors (Lipinski definition) is 1. The van der Waals surface area contributed by atoms with E-state index in [9.17, 15) is 0 Å². The Labute approximate surface area is 115 Å². The molecule has 0 saturated heterocycles. The van der Waals surface area contributed by atoms with Crippen LogP contribution >= 0.6 is 15.9 Å². The summed E-state index contributed by atoms with van der Waals surface area (Å²) < 4.78 is 3.00. The SMILES string of the molecule is CCn1nc(C)c(Br)c1CC(N)c1cnccn1. The zero-order valence-electron chi connectivity index (χ0n) is 10.5. The van der Waals surface area contributed by atoms with Crippen molar-refractivity contribution in [3.63, 3.8) is 0 Å². The zero-order valence-corrected chi connectivity index (χ0v) is 12.1. The van der Waals surface area contributed by atoms with Gasteiger partial charge in [-0.3, -0.25) is 14.6 Å². The van der Waals surface area contributed by atoms with E-state index in [1.807, 2.05) is 11.6 Å². The number of aromatic nitrogens is 4. The molecule has 5 nitrogen and oxygen atoms in total. The lowest BCUT2D eigenvalue weighted by Gasteiger charge is -2.12. The molecule has 18 heavy (non-hydrogen) atoms. The normalized spacial score (nSPS) is 12.7. The van der Waals surface area contributed by atoms with Crippen molar-refractivity contribution in [1.29, 1.82) is 0 Å². The Hall–Kier alpha value is -1.27. The van der Waals surface area contributed by atoms with Crippen LogP contribution in [-0.2, 0) is 13.0 Å². The molecule has 0 spiro atoms. The minimum atomic E-state index is -0.170. The third kappa shape index (κ3) is 2.59. The van der Waals surface area contributed by atoms with Gasteiger partial charge in [-0.1, -0.05) is 0 Å². The maximum Gasteiger partial charge on any atom is 0.0757 e. The molecule has 2 aromatic rings. The number of rotatable bonds is 4. The summed E-state index contributed by atoms with van der Waals surface area (Å²) in [5.41, 5.74) is 9.05. The molecule has 0 amide bonds. The van der Waals surface area contributed by atoms with Crippen molar-refractivity contribution >= 4 is 15.9 Å². The van der Waals surface area contributed by atoms with E-state index in [2.05, 4.69) is 37.9 Å². The van der Waals surface area contributed by atoms with Gasteiger partial charge in [-0.2, -0.15) is 5.10 Å². The van der Waals surface area contributed by atoms with Crippen LogP contribution in [0.3, 0.4) is 0 Å². The molecule has 6 heteroatoms. The monoisotopic (exact) mass is 309 g/mol. The molecule has 0 bridgehead atoms. The first-order valence-corrected chi connectivity index (χ1v) is 6.66. The van der Waals surface area contributed by atoms with Gasteiger partial charge in [0.2, 0.25) is 0 Å². The topological polar surface area (TPSA) is 69.6 Å². The number of hydrogen-bond acceptors (Lipinski definition) is 4. The van der Waals surface area contributed by atoms with Crippen molar-refractivity contribution in [1.82, 2.24) is 19.7 Å². The second kappa shape index (κ2) is 5.58. The Morgan fingerprint density at radius 3 is 2.83 bits per heavy atom. The molecule has 0 aliphatic rings. The fraction of sp³-hybridized carbons (Fsp3) is 0.417. The fourth-order valence-electron chi connectivity index (χ4n) is 1.88. The van der Waals surface area contributed by atoms with Gasteiger partial charge >= 0.3 is 0 Å². The molecule has 2 aromatic heterocycles. The van der Waals surface area contributed by atoms with Crippen LogP contribution in [0.2, 0.25) is 0 Å². The Morgan fingerprint density at radius 1 is 1.44 bits per heavy atom. The number of nitrogens with zero attached hydrogens (tertiary/aromatic N) is 4. The quantitative estimate of drug-likeness (QED) is 0.938. The van der Waals surface area contributed by atoms with Gasteiger partial charge in [0.1, 0.15) is 0 Å². The van der Waals surface area contributed by atoms with Crippen molar-refractivity contribution in [2.24, 2.45) is 5.73 Å². The molecular weight excluding hydrogens is 294 g/mol. The molecule has 0 aromatic carbocycles. The summed E-state index contributed by atoms with van der Waals surface area (Å²) in [6, 6.07) is -0.170. The Bertz CT molecular complexity index is 523. The van der Waals surface area contributed by atoms with Gasteiger partial charge in [0.15, 0.2) is 0 Å². The van der Waals surface area contributed by atoms with Gasteiger partial charge in [0.25, 0.3) is 0 Å². The third-order valence-corrected chi connectivity index (χ3v) is 3.86. The van der Waals surface area contributed by atoms with Crippen LogP contribution in [0, 0.1) is 6.92 Å². The van der Waals surface area contributed by atoms with Crippen molar-refractivity contribution in [3.05, 3.63) is 40.1 Å². The van der Waals surface area contributed by atoms with Crippen LogP contribution in [-0.4, -0.2) is 19.7 Å². The van der Waals surface area contributed by atoms with Crippen LogP contribution < -0.4 is 5.73 Å². The first-order chi connectivity index (χ1) is 8.63. The zero-order chi connectivity index (χ0) is 13.1. The van der Waals surface area contributed by atoms with Gasteiger partial charge in [0, 0.05) is 31.6 Å². The summed E-state index contributed by atoms with van der Waals surface area (Å²) in [5, 5.41) is 4.45. The first-order valence-electron chi connectivity index (χ1n) is 5.86. The maximum atomic E-state index is 6.16. The molecule has 2 heterocycles.